The molecule has 1 amide bonds. The van der Waals surface area contributed by atoms with Gasteiger partial charge in [0.2, 0.25) is 5.91 Å². The van der Waals surface area contributed by atoms with Crippen molar-refractivity contribution in [3.8, 4) is 11.3 Å². The molecule has 0 atom stereocenters. The highest BCUT2D eigenvalue weighted by atomic mass is 32.1. The van der Waals surface area contributed by atoms with Gasteiger partial charge in [-0.1, -0.05) is 40.8 Å². The molecule has 0 radical (unpaired) electrons. The van der Waals surface area contributed by atoms with E-state index in [1.807, 2.05) is 24.3 Å². The molecular weight excluding hydrogens is 460 g/mol. The van der Waals surface area contributed by atoms with Gasteiger partial charge >= 0.3 is 0 Å². The van der Waals surface area contributed by atoms with Gasteiger partial charge in [0.05, 0.1) is 22.9 Å². The van der Waals surface area contributed by atoms with E-state index in [2.05, 4.69) is 29.1 Å². The summed E-state index contributed by atoms with van der Waals surface area (Å²) in [7, 11) is 0. The van der Waals surface area contributed by atoms with Crippen molar-refractivity contribution in [2.24, 2.45) is 5.73 Å². The number of amides is 1. The van der Waals surface area contributed by atoms with E-state index in [4.69, 9.17) is 20.0 Å². The molecule has 1 saturated carbocycles. The predicted molar refractivity (Wildman–Crippen MR) is 137 cm³/mol. The smallest absolute Gasteiger partial charge is 0.248 e. The highest BCUT2D eigenvalue weighted by molar-refractivity contribution is 7.22. The van der Waals surface area contributed by atoms with Crippen LogP contribution in [-0.4, -0.2) is 35.2 Å². The second-order valence-electron chi connectivity index (χ2n) is 9.50. The maximum absolute atomic E-state index is 11.5. The molecule has 6 rings (SSSR count). The molecule has 1 saturated heterocycles. The molecule has 0 bridgehead atoms. The zero-order chi connectivity index (χ0) is 23.9. The fraction of sp³-hybridized carbons (Fsp3) is 0.370. The highest BCUT2D eigenvalue weighted by Gasteiger charge is 2.33. The molecule has 3 heterocycles. The molecule has 2 aromatic heterocycles. The van der Waals surface area contributed by atoms with Crippen molar-refractivity contribution >= 4 is 32.6 Å². The number of carbonyl (C=O) groups is 1. The number of nitrogens with zero attached hydrogens (tertiary/aromatic N) is 3. The highest BCUT2D eigenvalue weighted by Crippen LogP contribution is 2.44. The zero-order valence-electron chi connectivity index (χ0n) is 19.7. The van der Waals surface area contributed by atoms with Crippen LogP contribution in [0.25, 0.3) is 21.5 Å². The monoisotopic (exact) mass is 488 g/mol. The summed E-state index contributed by atoms with van der Waals surface area (Å²) in [5.41, 5.74) is 11.2. The van der Waals surface area contributed by atoms with E-state index in [-0.39, 0.29) is 6.10 Å². The largest absolute Gasteiger partial charge is 0.373 e. The summed E-state index contributed by atoms with van der Waals surface area (Å²) in [6, 6.07) is 13.7. The Morgan fingerprint density at radius 3 is 2.71 bits per heavy atom. The first-order valence-electron chi connectivity index (χ1n) is 12.2. The van der Waals surface area contributed by atoms with E-state index >= 15 is 0 Å². The first kappa shape index (κ1) is 22.2. The van der Waals surface area contributed by atoms with Gasteiger partial charge < -0.3 is 19.9 Å². The van der Waals surface area contributed by atoms with E-state index in [0.29, 0.717) is 18.1 Å². The third-order valence-electron chi connectivity index (χ3n) is 7.00. The predicted octanol–water partition coefficient (Wildman–Crippen LogP) is 5.42. The van der Waals surface area contributed by atoms with Gasteiger partial charge in [0.15, 0.2) is 5.13 Å². The van der Waals surface area contributed by atoms with Crippen molar-refractivity contribution in [2.75, 3.05) is 18.0 Å². The first-order chi connectivity index (χ1) is 17.1. The molecular formula is C27H28N4O3S. The number of anilines is 1. The summed E-state index contributed by atoms with van der Waals surface area (Å²) >= 11 is 1.61. The van der Waals surface area contributed by atoms with Gasteiger partial charge in [0.25, 0.3) is 0 Å². The summed E-state index contributed by atoms with van der Waals surface area (Å²) in [6.07, 6.45) is 4.39. The Morgan fingerprint density at radius 2 is 1.97 bits per heavy atom. The third-order valence-corrected chi connectivity index (χ3v) is 8.08. The van der Waals surface area contributed by atoms with Crippen molar-refractivity contribution in [3.63, 3.8) is 0 Å². The number of hydrogen-bond donors (Lipinski definition) is 1. The second-order valence-corrected chi connectivity index (χ2v) is 10.5. The van der Waals surface area contributed by atoms with Gasteiger partial charge in [-0.15, -0.1) is 0 Å². The van der Waals surface area contributed by atoms with E-state index in [1.165, 1.54) is 5.56 Å². The molecule has 0 unspecified atom stereocenters. The second kappa shape index (κ2) is 9.09. The topological polar surface area (TPSA) is 94.5 Å². The molecule has 1 aliphatic carbocycles. The first-order valence-corrected chi connectivity index (χ1v) is 13.0. The summed E-state index contributed by atoms with van der Waals surface area (Å²) < 4.78 is 13.2. The number of rotatable bonds is 7. The van der Waals surface area contributed by atoms with E-state index < -0.39 is 5.91 Å². The minimum absolute atomic E-state index is 0.189. The standard InChI is InChI=1S/C27H28N4O3S/c1-16-4-2-3-5-20(16)24-21(25(34-30-24)17-6-7-17)15-33-19-10-12-31(13-11-19)27-29-22-9-8-18(26(28)32)14-23(22)35-27/h2-5,8-9,14,17,19H,6-7,10-13,15H2,1H3,(H2,28,32). The van der Waals surface area contributed by atoms with Crippen LogP contribution in [0, 0.1) is 6.92 Å². The summed E-state index contributed by atoms with van der Waals surface area (Å²) in [5.74, 6) is 1.07. The van der Waals surface area contributed by atoms with Crippen molar-refractivity contribution in [1.29, 1.82) is 0 Å². The molecule has 35 heavy (non-hydrogen) atoms. The zero-order valence-corrected chi connectivity index (χ0v) is 20.5. The number of piperidine rings is 1. The summed E-state index contributed by atoms with van der Waals surface area (Å²) in [5, 5.41) is 5.45. The molecule has 1 aliphatic heterocycles. The van der Waals surface area contributed by atoms with Gasteiger partial charge in [-0.25, -0.2) is 4.98 Å². The van der Waals surface area contributed by atoms with Crippen molar-refractivity contribution in [1.82, 2.24) is 10.1 Å². The van der Waals surface area contributed by atoms with Crippen LogP contribution < -0.4 is 10.6 Å². The average molecular weight is 489 g/mol. The molecule has 180 valence electrons. The average Bonchev–Trinajstić information content (AvgIpc) is 3.48. The van der Waals surface area contributed by atoms with Crippen LogP contribution in [0.5, 0.6) is 0 Å². The number of hydrogen-bond acceptors (Lipinski definition) is 7. The number of aryl methyl sites for hydroxylation is 1. The maximum atomic E-state index is 11.5. The lowest BCUT2D eigenvalue weighted by Crippen LogP contribution is -2.36. The van der Waals surface area contributed by atoms with Gasteiger partial charge in [0, 0.05) is 35.7 Å². The Kier molecular flexibility index (Phi) is 5.78. The molecule has 4 aromatic rings. The molecule has 8 heteroatoms. The molecule has 2 aliphatic rings. The van der Waals surface area contributed by atoms with Crippen molar-refractivity contribution < 1.29 is 14.1 Å². The molecule has 7 nitrogen and oxygen atoms in total. The lowest BCUT2D eigenvalue weighted by molar-refractivity contribution is 0.0246. The third kappa shape index (κ3) is 4.44. The maximum Gasteiger partial charge on any atom is 0.248 e. The number of thiazole rings is 1. The van der Waals surface area contributed by atoms with Crippen LogP contribution in [0.15, 0.2) is 47.0 Å². The van der Waals surface area contributed by atoms with Crippen molar-refractivity contribution in [2.45, 2.75) is 51.2 Å². The lowest BCUT2D eigenvalue weighted by Gasteiger charge is -2.31. The number of aromatic nitrogens is 2. The lowest BCUT2D eigenvalue weighted by atomic mass is 10.0. The molecule has 0 spiro atoms. The molecule has 2 N–H and O–H groups in total. The fourth-order valence-corrected chi connectivity index (χ4v) is 5.85. The number of carbonyl (C=O) groups excluding carboxylic acids is 1. The quantitative estimate of drug-likeness (QED) is 0.373. The van der Waals surface area contributed by atoms with Crippen LogP contribution in [0.1, 0.15) is 58.8 Å². The van der Waals surface area contributed by atoms with Gasteiger partial charge in [-0.3, -0.25) is 4.79 Å². The normalized spacial score (nSPS) is 16.8. The number of nitrogens with two attached hydrogens (primary N) is 1. The van der Waals surface area contributed by atoms with Crippen LogP contribution in [-0.2, 0) is 11.3 Å². The number of ether oxygens (including phenoxy) is 1. The van der Waals surface area contributed by atoms with Gasteiger partial charge in [0.1, 0.15) is 11.5 Å². The SMILES string of the molecule is Cc1ccccc1-c1noc(C2CC2)c1COC1CCN(c2nc3ccc(C(N)=O)cc3s2)CC1. The van der Waals surface area contributed by atoms with E-state index in [0.717, 1.165) is 76.7 Å². The Bertz CT molecular complexity index is 1380. The van der Waals surface area contributed by atoms with E-state index in [1.54, 1.807) is 17.4 Å². The minimum Gasteiger partial charge on any atom is -0.373 e. The van der Waals surface area contributed by atoms with E-state index in [9.17, 15) is 4.79 Å². The minimum atomic E-state index is -0.414. The van der Waals surface area contributed by atoms with Gasteiger partial charge in [-0.2, -0.15) is 0 Å². The Morgan fingerprint density at radius 1 is 1.17 bits per heavy atom. The van der Waals surface area contributed by atoms with Gasteiger partial charge in [-0.05, 0) is 56.4 Å². The Labute approximate surface area is 207 Å². The number of primary amides is 1. The summed E-state index contributed by atoms with van der Waals surface area (Å²) in [6.45, 7) is 4.41. The Hall–Kier alpha value is -3.23. The van der Waals surface area contributed by atoms with Crippen LogP contribution in [0.2, 0.25) is 0 Å². The molecule has 2 fully saturated rings. The number of benzene rings is 2. The fourth-order valence-electron chi connectivity index (χ4n) is 4.79. The number of fused-ring (bicyclic) bond motifs is 1. The van der Waals surface area contributed by atoms with Crippen LogP contribution in [0.4, 0.5) is 5.13 Å². The van der Waals surface area contributed by atoms with Crippen LogP contribution in [0.3, 0.4) is 0 Å². The van der Waals surface area contributed by atoms with Crippen LogP contribution >= 0.6 is 11.3 Å². The Balaban J connectivity index is 1.13. The van der Waals surface area contributed by atoms with Crippen molar-refractivity contribution in [3.05, 3.63) is 64.9 Å². The molecule has 2 aromatic carbocycles. The summed E-state index contributed by atoms with van der Waals surface area (Å²) in [4.78, 5) is 18.6.